The Kier molecular flexibility index (Phi) is 3.08. The highest BCUT2D eigenvalue weighted by Crippen LogP contribution is 2.07. The molecule has 0 saturated heterocycles. The van der Waals surface area contributed by atoms with E-state index in [2.05, 4.69) is 4.99 Å². The van der Waals surface area contributed by atoms with Crippen LogP contribution in [-0.4, -0.2) is 18.4 Å². The second-order valence-corrected chi connectivity index (χ2v) is 2.68. The fourth-order valence-corrected chi connectivity index (χ4v) is 1.10. The highest BCUT2D eigenvalue weighted by molar-refractivity contribution is 5.87. The van der Waals surface area contributed by atoms with E-state index >= 15 is 0 Å². The van der Waals surface area contributed by atoms with Gasteiger partial charge >= 0.3 is 5.97 Å². The minimum absolute atomic E-state index is 0.259. The summed E-state index contributed by atoms with van der Waals surface area (Å²) in [6.07, 6.45) is 4.21. The van der Waals surface area contributed by atoms with Gasteiger partial charge in [-0.3, -0.25) is 9.79 Å². The van der Waals surface area contributed by atoms with Gasteiger partial charge in [-0.1, -0.05) is 6.42 Å². The van der Waals surface area contributed by atoms with Gasteiger partial charge in [0.15, 0.2) is 5.90 Å². The van der Waals surface area contributed by atoms with Crippen LogP contribution in [0, 0.1) is 0 Å². The lowest BCUT2D eigenvalue weighted by molar-refractivity contribution is -0.133. The van der Waals surface area contributed by atoms with Crippen LogP contribution < -0.4 is 0 Å². The number of nitrogens with zero attached hydrogens (tertiary/aromatic N) is 1. The van der Waals surface area contributed by atoms with Crippen LogP contribution >= 0.6 is 0 Å². The quantitative estimate of drug-likeness (QED) is 0.497. The van der Waals surface area contributed by atoms with Crippen LogP contribution in [0.4, 0.5) is 0 Å². The zero-order valence-corrected chi connectivity index (χ0v) is 6.80. The first-order valence-electron chi connectivity index (χ1n) is 4.01. The van der Waals surface area contributed by atoms with Crippen LogP contribution in [-0.2, 0) is 9.53 Å². The number of hydrogen-bond donors (Lipinski definition) is 0. The lowest BCUT2D eigenvalue weighted by atomic mass is 10.2. The van der Waals surface area contributed by atoms with E-state index in [-0.39, 0.29) is 5.97 Å². The first kappa shape index (κ1) is 8.24. The summed E-state index contributed by atoms with van der Waals surface area (Å²) in [6, 6.07) is 0. The Hall–Kier alpha value is -0.860. The van der Waals surface area contributed by atoms with Gasteiger partial charge in [-0.2, -0.15) is 0 Å². The van der Waals surface area contributed by atoms with Crippen LogP contribution in [0.2, 0.25) is 0 Å². The molecule has 0 aliphatic carbocycles. The number of aliphatic imine (C=N–C) groups is 1. The van der Waals surface area contributed by atoms with Crippen molar-refractivity contribution < 1.29 is 9.53 Å². The van der Waals surface area contributed by atoms with Crippen molar-refractivity contribution in [2.75, 3.05) is 6.54 Å². The van der Waals surface area contributed by atoms with E-state index in [4.69, 9.17) is 4.74 Å². The molecule has 0 radical (unpaired) electrons. The molecule has 0 aromatic carbocycles. The van der Waals surface area contributed by atoms with Crippen LogP contribution in [0.15, 0.2) is 4.99 Å². The molecule has 3 nitrogen and oxygen atoms in total. The molecule has 0 unspecified atom stereocenters. The molecule has 0 bridgehead atoms. The molecule has 0 fully saturated rings. The SMILES string of the molecule is CC(=O)OC1=NCCCCC1. The Bertz CT molecular complexity index is 175. The first-order chi connectivity index (χ1) is 5.29. The van der Waals surface area contributed by atoms with Crippen molar-refractivity contribution in [2.24, 2.45) is 4.99 Å². The fourth-order valence-electron chi connectivity index (χ4n) is 1.10. The van der Waals surface area contributed by atoms with Crippen molar-refractivity contribution in [3.8, 4) is 0 Å². The highest BCUT2D eigenvalue weighted by atomic mass is 16.5. The van der Waals surface area contributed by atoms with Gasteiger partial charge in [0.25, 0.3) is 0 Å². The van der Waals surface area contributed by atoms with Gasteiger partial charge in [-0.05, 0) is 12.8 Å². The van der Waals surface area contributed by atoms with Gasteiger partial charge in [0.1, 0.15) is 0 Å². The maximum atomic E-state index is 10.5. The zero-order valence-electron chi connectivity index (χ0n) is 6.80. The number of hydrogen-bond acceptors (Lipinski definition) is 3. The van der Waals surface area contributed by atoms with E-state index in [9.17, 15) is 4.79 Å². The van der Waals surface area contributed by atoms with Gasteiger partial charge < -0.3 is 4.74 Å². The van der Waals surface area contributed by atoms with Crippen molar-refractivity contribution in [1.29, 1.82) is 0 Å². The predicted octanol–water partition coefficient (Wildman–Crippen LogP) is 1.52. The molecule has 1 rings (SSSR count). The molecule has 1 aliphatic rings. The van der Waals surface area contributed by atoms with Gasteiger partial charge in [0.2, 0.25) is 0 Å². The molecule has 62 valence electrons. The average Bonchev–Trinajstić information content (AvgIpc) is 2.14. The van der Waals surface area contributed by atoms with E-state index in [1.807, 2.05) is 0 Å². The lowest BCUT2D eigenvalue weighted by Crippen LogP contribution is -2.08. The Balaban J connectivity index is 2.40. The smallest absolute Gasteiger partial charge is 0.309 e. The van der Waals surface area contributed by atoms with Crippen molar-refractivity contribution in [1.82, 2.24) is 0 Å². The third-order valence-electron chi connectivity index (χ3n) is 1.60. The van der Waals surface area contributed by atoms with Crippen molar-refractivity contribution >= 4 is 11.9 Å². The van der Waals surface area contributed by atoms with Gasteiger partial charge in [-0.15, -0.1) is 0 Å². The number of esters is 1. The largest absolute Gasteiger partial charge is 0.412 e. The molecular weight excluding hydrogens is 142 g/mol. The number of rotatable bonds is 0. The monoisotopic (exact) mass is 155 g/mol. The molecular formula is C8H13NO2. The first-order valence-corrected chi connectivity index (χ1v) is 4.01. The van der Waals surface area contributed by atoms with Crippen LogP contribution in [0.5, 0.6) is 0 Å². The molecule has 0 spiro atoms. The highest BCUT2D eigenvalue weighted by Gasteiger charge is 2.06. The third kappa shape index (κ3) is 3.16. The zero-order chi connectivity index (χ0) is 8.10. The Morgan fingerprint density at radius 1 is 1.45 bits per heavy atom. The minimum Gasteiger partial charge on any atom is -0.412 e. The topological polar surface area (TPSA) is 38.7 Å². The number of carbonyl (C=O) groups excluding carboxylic acids is 1. The van der Waals surface area contributed by atoms with Gasteiger partial charge in [0.05, 0.1) is 0 Å². The van der Waals surface area contributed by atoms with Crippen LogP contribution in [0.1, 0.15) is 32.6 Å². The normalized spacial score (nSPS) is 18.5. The minimum atomic E-state index is -0.259. The second-order valence-electron chi connectivity index (χ2n) is 2.68. The molecule has 0 amide bonds. The van der Waals surface area contributed by atoms with E-state index in [1.54, 1.807) is 0 Å². The second kappa shape index (κ2) is 4.11. The van der Waals surface area contributed by atoms with E-state index in [0.717, 1.165) is 25.8 Å². The summed E-state index contributed by atoms with van der Waals surface area (Å²) in [5.74, 6) is 0.362. The number of ether oxygens (including phenoxy) is 1. The third-order valence-corrected chi connectivity index (χ3v) is 1.60. The summed E-state index contributed by atoms with van der Waals surface area (Å²) < 4.78 is 4.88. The Morgan fingerprint density at radius 3 is 3.00 bits per heavy atom. The number of carbonyl (C=O) groups is 1. The van der Waals surface area contributed by atoms with Crippen molar-refractivity contribution in [3.63, 3.8) is 0 Å². The van der Waals surface area contributed by atoms with Crippen LogP contribution in [0.25, 0.3) is 0 Å². The maximum absolute atomic E-state index is 10.5. The molecule has 1 aliphatic heterocycles. The molecule has 0 N–H and O–H groups in total. The molecule has 3 heteroatoms. The van der Waals surface area contributed by atoms with Crippen molar-refractivity contribution in [2.45, 2.75) is 32.6 Å². The molecule has 11 heavy (non-hydrogen) atoms. The van der Waals surface area contributed by atoms with Gasteiger partial charge in [-0.25, -0.2) is 0 Å². The van der Waals surface area contributed by atoms with E-state index < -0.39 is 0 Å². The summed E-state index contributed by atoms with van der Waals surface area (Å²) >= 11 is 0. The summed E-state index contributed by atoms with van der Waals surface area (Å²) in [6.45, 7) is 2.22. The Morgan fingerprint density at radius 2 is 2.27 bits per heavy atom. The lowest BCUT2D eigenvalue weighted by Gasteiger charge is -2.01. The Labute approximate surface area is 66.5 Å². The van der Waals surface area contributed by atoms with E-state index in [1.165, 1.54) is 13.3 Å². The molecule has 0 saturated carbocycles. The molecule has 0 atom stereocenters. The standard InChI is InChI=1S/C8H13NO2/c1-7(10)11-8-5-3-2-4-6-9-8/h2-6H2,1H3. The fraction of sp³-hybridized carbons (Fsp3) is 0.750. The van der Waals surface area contributed by atoms with Crippen LogP contribution in [0.3, 0.4) is 0 Å². The summed E-state index contributed by atoms with van der Waals surface area (Å²) in [7, 11) is 0. The van der Waals surface area contributed by atoms with Gasteiger partial charge in [0, 0.05) is 19.9 Å². The molecule has 0 aromatic heterocycles. The summed E-state index contributed by atoms with van der Waals surface area (Å²) in [5, 5.41) is 0. The average molecular weight is 155 g/mol. The van der Waals surface area contributed by atoms with E-state index in [0.29, 0.717) is 5.90 Å². The summed E-state index contributed by atoms with van der Waals surface area (Å²) in [4.78, 5) is 14.7. The molecule has 1 heterocycles. The molecule has 0 aromatic rings. The predicted molar refractivity (Wildman–Crippen MR) is 42.5 cm³/mol. The maximum Gasteiger partial charge on any atom is 0.309 e. The summed E-state index contributed by atoms with van der Waals surface area (Å²) in [5.41, 5.74) is 0. The van der Waals surface area contributed by atoms with Crippen molar-refractivity contribution in [3.05, 3.63) is 0 Å².